The number of carbonyl (C=O) groups is 1. The monoisotopic (exact) mass is 251 g/mol. The van der Waals surface area contributed by atoms with E-state index in [-0.39, 0.29) is 24.0 Å². The Hall–Kier alpha value is -1.49. The van der Waals surface area contributed by atoms with Crippen LogP contribution in [0.5, 0.6) is 0 Å². The van der Waals surface area contributed by atoms with Gasteiger partial charge in [0.05, 0.1) is 18.8 Å². The molecule has 0 aromatic carbocycles. The van der Waals surface area contributed by atoms with Crippen LogP contribution in [-0.4, -0.2) is 34.9 Å². The Bertz CT molecular complexity index is 420. The first kappa shape index (κ1) is 13.0. The highest BCUT2D eigenvalue weighted by Crippen LogP contribution is 2.25. The zero-order chi connectivity index (χ0) is 13.0. The molecule has 0 atom stereocenters. The molecule has 5 heteroatoms. The molecule has 1 aliphatic carbocycles. The van der Waals surface area contributed by atoms with Gasteiger partial charge in [-0.25, -0.2) is 4.39 Å². The minimum atomic E-state index is -0.382. The number of likely N-dealkylation sites (N-methyl/N-ethyl adjacent to an activating group) is 1. The molecule has 0 aliphatic heterocycles. The van der Waals surface area contributed by atoms with E-state index in [1.807, 2.05) is 6.92 Å². The van der Waals surface area contributed by atoms with Crippen LogP contribution in [0.4, 0.5) is 4.39 Å². The van der Waals surface area contributed by atoms with E-state index in [9.17, 15) is 9.18 Å². The number of carbonyl (C=O) groups excluding carboxylic acids is 1. The summed E-state index contributed by atoms with van der Waals surface area (Å²) in [5, 5.41) is 2.70. The van der Waals surface area contributed by atoms with Gasteiger partial charge in [-0.2, -0.15) is 0 Å². The zero-order valence-electron chi connectivity index (χ0n) is 10.5. The molecular weight excluding hydrogens is 233 g/mol. The Morgan fingerprint density at radius 3 is 3.00 bits per heavy atom. The van der Waals surface area contributed by atoms with Gasteiger partial charge in [0, 0.05) is 12.2 Å². The van der Waals surface area contributed by atoms with Gasteiger partial charge in [-0.15, -0.1) is 0 Å². The van der Waals surface area contributed by atoms with E-state index in [2.05, 4.69) is 15.2 Å². The van der Waals surface area contributed by atoms with Crippen LogP contribution in [0, 0.1) is 5.82 Å². The number of nitrogens with one attached hydrogen (secondary N) is 1. The summed E-state index contributed by atoms with van der Waals surface area (Å²) in [6.07, 6.45) is 3.87. The van der Waals surface area contributed by atoms with Crippen LogP contribution in [0.25, 0.3) is 0 Å². The van der Waals surface area contributed by atoms with E-state index in [4.69, 9.17) is 0 Å². The lowest BCUT2D eigenvalue weighted by Crippen LogP contribution is -2.38. The molecule has 1 amide bonds. The van der Waals surface area contributed by atoms with Crippen molar-refractivity contribution in [3.8, 4) is 0 Å². The highest BCUT2D eigenvalue weighted by molar-refractivity contribution is 5.78. The van der Waals surface area contributed by atoms with Gasteiger partial charge in [-0.05, 0) is 31.5 Å². The Labute approximate surface area is 106 Å². The zero-order valence-corrected chi connectivity index (χ0v) is 10.5. The van der Waals surface area contributed by atoms with Crippen LogP contribution in [0.15, 0.2) is 18.3 Å². The average Bonchev–Trinajstić information content (AvgIpc) is 3.19. The van der Waals surface area contributed by atoms with Gasteiger partial charge in [0.25, 0.3) is 0 Å². The van der Waals surface area contributed by atoms with Crippen molar-refractivity contribution in [1.82, 2.24) is 15.2 Å². The number of rotatable bonds is 6. The second kappa shape index (κ2) is 5.91. The number of nitrogens with zero attached hydrogens (tertiary/aromatic N) is 2. The second-order valence-corrected chi connectivity index (χ2v) is 4.50. The smallest absolute Gasteiger partial charge is 0.234 e. The normalized spacial score (nSPS) is 14.8. The van der Waals surface area contributed by atoms with Crippen LogP contribution in [0.3, 0.4) is 0 Å². The van der Waals surface area contributed by atoms with Crippen LogP contribution in [0.2, 0.25) is 0 Å². The molecule has 1 fully saturated rings. The molecule has 0 radical (unpaired) electrons. The Morgan fingerprint density at radius 1 is 1.61 bits per heavy atom. The third-order valence-electron chi connectivity index (χ3n) is 3.10. The van der Waals surface area contributed by atoms with Gasteiger partial charge in [0.15, 0.2) is 0 Å². The lowest BCUT2D eigenvalue weighted by atomic mass is 10.3. The van der Waals surface area contributed by atoms with Crippen molar-refractivity contribution in [1.29, 1.82) is 0 Å². The van der Waals surface area contributed by atoms with Crippen LogP contribution in [0.1, 0.15) is 25.5 Å². The molecule has 0 spiro atoms. The predicted molar refractivity (Wildman–Crippen MR) is 66.3 cm³/mol. The summed E-state index contributed by atoms with van der Waals surface area (Å²) < 4.78 is 13.3. The molecule has 1 aliphatic rings. The topological polar surface area (TPSA) is 45.2 Å². The van der Waals surface area contributed by atoms with Crippen molar-refractivity contribution >= 4 is 5.91 Å². The van der Waals surface area contributed by atoms with E-state index in [1.54, 1.807) is 0 Å². The molecule has 2 rings (SSSR count). The molecule has 0 unspecified atom stereocenters. The molecule has 0 saturated heterocycles. The summed E-state index contributed by atoms with van der Waals surface area (Å²) in [7, 11) is 0. The fraction of sp³-hybridized carbons (Fsp3) is 0.538. The van der Waals surface area contributed by atoms with E-state index in [0.29, 0.717) is 12.6 Å². The van der Waals surface area contributed by atoms with Crippen LogP contribution in [-0.2, 0) is 11.3 Å². The van der Waals surface area contributed by atoms with Gasteiger partial charge in [-0.1, -0.05) is 6.92 Å². The van der Waals surface area contributed by atoms with Crippen molar-refractivity contribution in [2.24, 2.45) is 0 Å². The standard InChI is InChI=1S/C13H18FN3O/c1-2-17(10-5-6-10)9-13(18)16-8-12-11(14)4-3-7-15-12/h3-4,7,10H,2,5-6,8-9H2,1H3,(H,16,18). The molecule has 1 aromatic heterocycles. The Kier molecular flexibility index (Phi) is 4.25. The summed E-state index contributed by atoms with van der Waals surface area (Å²) in [5.74, 6) is -0.457. The van der Waals surface area contributed by atoms with Crippen molar-refractivity contribution in [2.75, 3.05) is 13.1 Å². The highest BCUT2D eigenvalue weighted by Gasteiger charge is 2.28. The molecule has 4 nitrogen and oxygen atoms in total. The maximum Gasteiger partial charge on any atom is 0.234 e. The molecule has 18 heavy (non-hydrogen) atoms. The minimum Gasteiger partial charge on any atom is -0.349 e. The molecule has 0 bridgehead atoms. The lowest BCUT2D eigenvalue weighted by Gasteiger charge is -2.18. The molecule has 98 valence electrons. The third kappa shape index (κ3) is 3.50. The van der Waals surface area contributed by atoms with Crippen molar-refractivity contribution in [3.05, 3.63) is 29.8 Å². The van der Waals surface area contributed by atoms with E-state index < -0.39 is 0 Å². The van der Waals surface area contributed by atoms with Gasteiger partial charge in [0.1, 0.15) is 5.82 Å². The number of amides is 1. The van der Waals surface area contributed by atoms with Crippen molar-refractivity contribution in [2.45, 2.75) is 32.4 Å². The summed E-state index contributed by atoms with van der Waals surface area (Å²) in [6.45, 7) is 3.45. The first-order valence-corrected chi connectivity index (χ1v) is 6.31. The molecular formula is C13H18FN3O. The molecule has 1 N–H and O–H groups in total. The largest absolute Gasteiger partial charge is 0.349 e. The van der Waals surface area contributed by atoms with Gasteiger partial charge >= 0.3 is 0 Å². The number of pyridine rings is 1. The highest BCUT2D eigenvalue weighted by atomic mass is 19.1. The lowest BCUT2D eigenvalue weighted by molar-refractivity contribution is -0.122. The van der Waals surface area contributed by atoms with E-state index in [0.717, 1.165) is 6.54 Å². The summed E-state index contributed by atoms with van der Waals surface area (Å²) in [4.78, 5) is 17.8. The van der Waals surface area contributed by atoms with Crippen molar-refractivity contribution in [3.63, 3.8) is 0 Å². The van der Waals surface area contributed by atoms with Crippen LogP contribution >= 0.6 is 0 Å². The Morgan fingerprint density at radius 2 is 2.39 bits per heavy atom. The molecule has 1 aromatic rings. The third-order valence-corrected chi connectivity index (χ3v) is 3.10. The molecule has 1 saturated carbocycles. The minimum absolute atomic E-state index is 0.0752. The van der Waals surface area contributed by atoms with E-state index in [1.165, 1.54) is 31.2 Å². The fourth-order valence-electron chi connectivity index (χ4n) is 1.91. The molecule has 1 heterocycles. The quantitative estimate of drug-likeness (QED) is 0.829. The maximum atomic E-state index is 13.3. The number of halogens is 1. The number of hydrogen-bond donors (Lipinski definition) is 1. The average molecular weight is 251 g/mol. The number of hydrogen-bond acceptors (Lipinski definition) is 3. The fourth-order valence-corrected chi connectivity index (χ4v) is 1.91. The van der Waals surface area contributed by atoms with E-state index >= 15 is 0 Å². The van der Waals surface area contributed by atoms with Gasteiger partial charge < -0.3 is 5.32 Å². The van der Waals surface area contributed by atoms with Gasteiger partial charge in [-0.3, -0.25) is 14.7 Å². The summed E-state index contributed by atoms with van der Waals surface area (Å²) in [5.41, 5.74) is 0.278. The van der Waals surface area contributed by atoms with Gasteiger partial charge in [0.2, 0.25) is 5.91 Å². The predicted octanol–water partition coefficient (Wildman–Crippen LogP) is 1.32. The summed E-state index contributed by atoms with van der Waals surface area (Å²) in [6, 6.07) is 3.44. The second-order valence-electron chi connectivity index (χ2n) is 4.50. The first-order valence-electron chi connectivity index (χ1n) is 6.31. The summed E-state index contributed by atoms with van der Waals surface area (Å²) >= 11 is 0. The Balaban J connectivity index is 1.79. The first-order chi connectivity index (χ1) is 8.70. The van der Waals surface area contributed by atoms with Crippen molar-refractivity contribution < 1.29 is 9.18 Å². The van der Waals surface area contributed by atoms with Crippen LogP contribution < -0.4 is 5.32 Å². The maximum absolute atomic E-state index is 13.3. The SMILES string of the molecule is CCN(CC(=O)NCc1ncccc1F)C1CC1. The number of aromatic nitrogens is 1.